The molecule has 0 fully saturated rings. The molecule has 0 saturated heterocycles. The molecule has 24 heavy (non-hydrogen) atoms. The highest BCUT2D eigenvalue weighted by molar-refractivity contribution is 9.10. The van der Waals surface area contributed by atoms with Crippen LogP contribution in [0.15, 0.2) is 28.7 Å². The third kappa shape index (κ3) is 3.82. The van der Waals surface area contributed by atoms with Gasteiger partial charge in [0, 0.05) is 47.2 Å². The van der Waals surface area contributed by atoms with Gasteiger partial charge in [0.25, 0.3) is 5.91 Å². The van der Waals surface area contributed by atoms with Crippen molar-refractivity contribution in [2.75, 3.05) is 13.1 Å². The highest BCUT2D eigenvalue weighted by Gasteiger charge is 2.26. The van der Waals surface area contributed by atoms with Crippen LogP contribution in [0.4, 0.5) is 0 Å². The Morgan fingerprint density at radius 1 is 1.38 bits per heavy atom. The molecule has 1 aliphatic rings. The number of amides is 1. The van der Waals surface area contributed by atoms with E-state index in [-0.39, 0.29) is 23.7 Å². The fourth-order valence-electron chi connectivity index (χ4n) is 2.90. The lowest BCUT2D eigenvalue weighted by Gasteiger charge is -2.26. The summed E-state index contributed by atoms with van der Waals surface area (Å²) in [6, 6.07) is 8.11. The van der Waals surface area contributed by atoms with E-state index in [0.717, 1.165) is 28.7 Å². The Morgan fingerprint density at radius 3 is 2.88 bits per heavy atom. The molecule has 130 valence electrons. The number of hydrogen-bond donors (Lipinski definition) is 3. The van der Waals surface area contributed by atoms with Gasteiger partial charge in [0.15, 0.2) is 5.69 Å². The molecule has 1 aromatic carbocycles. The number of rotatable bonds is 4. The second-order valence-corrected chi connectivity index (χ2v) is 7.36. The Labute approximate surface area is 156 Å². The lowest BCUT2D eigenvalue weighted by molar-refractivity contribution is 0.0939. The maximum absolute atomic E-state index is 12.5. The number of carbonyl (C=O) groups is 1. The maximum Gasteiger partial charge on any atom is 0.272 e. The van der Waals surface area contributed by atoms with Gasteiger partial charge in [0.05, 0.1) is 0 Å². The fraction of sp³-hybridized carbons (Fsp3) is 0.412. The molecule has 0 radical (unpaired) electrons. The molecule has 0 spiro atoms. The zero-order valence-corrected chi connectivity index (χ0v) is 16.2. The van der Waals surface area contributed by atoms with Crippen molar-refractivity contribution in [3.63, 3.8) is 0 Å². The van der Waals surface area contributed by atoms with Crippen LogP contribution in [0.2, 0.25) is 0 Å². The van der Waals surface area contributed by atoms with Crippen molar-refractivity contribution < 1.29 is 4.79 Å². The molecule has 0 unspecified atom stereocenters. The second kappa shape index (κ2) is 7.68. The first-order valence-corrected chi connectivity index (χ1v) is 8.58. The molecule has 0 atom stereocenters. The number of carbonyl (C=O) groups excluding carboxylic acids is 1. The highest BCUT2D eigenvalue weighted by Crippen LogP contribution is 2.29. The smallest absolute Gasteiger partial charge is 0.272 e. The van der Waals surface area contributed by atoms with Gasteiger partial charge in [-0.15, -0.1) is 12.4 Å². The van der Waals surface area contributed by atoms with Crippen molar-refractivity contribution in [3.05, 3.63) is 51.3 Å². The van der Waals surface area contributed by atoms with Gasteiger partial charge in [0.2, 0.25) is 0 Å². The van der Waals surface area contributed by atoms with Gasteiger partial charge < -0.3 is 10.6 Å². The molecule has 1 aliphatic heterocycles. The molecule has 3 rings (SSSR count). The molecule has 5 nitrogen and oxygen atoms in total. The quantitative estimate of drug-likeness (QED) is 0.722. The Bertz CT molecular complexity index is 729. The molecular weight excluding hydrogens is 392 g/mol. The average molecular weight is 414 g/mol. The Balaban J connectivity index is 0.00000208. The number of aromatic nitrogens is 2. The van der Waals surface area contributed by atoms with E-state index in [0.29, 0.717) is 18.8 Å². The first-order valence-electron chi connectivity index (χ1n) is 7.79. The summed E-state index contributed by atoms with van der Waals surface area (Å²) in [5, 5.41) is 13.5. The van der Waals surface area contributed by atoms with E-state index in [1.807, 2.05) is 18.2 Å². The van der Waals surface area contributed by atoms with Crippen LogP contribution < -0.4 is 10.6 Å². The molecule has 2 heterocycles. The SMILES string of the molecule is CC(C)(CNC(=O)c1n[nH]c2c1CNCC2)c1ccccc1Br.Cl. The van der Waals surface area contributed by atoms with Crippen molar-refractivity contribution in [1.29, 1.82) is 0 Å². The molecule has 1 aromatic heterocycles. The van der Waals surface area contributed by atoms with Crippen LogP contribution in [0, 0.1) is 0 Å². The molecule has 0 bridgehead atoms. The van der Waals surface area contributed by atoms with Gasteiger partial charge in [0.1, 0.15) is 0 Å². The van der Waals surface area contributed by atoms with E-state index in [4.69, 9.17) is 0 Å². The van der Waals surface area contributed by atoms with E-state index in [2.05, 4.69) is 56.7 Å². The van der Waals surface area contributed by atoms with Crippen LogP contribution in [0.1, 0.15) is 41.2 Å². The number of aromatic amines is 1. The number of H-pyrrole nitrogens is 1. The number of hydrogen-bond acceptors (Lipinski definition) is 3. The van der Waals surface area contributed by atoms with E-state index in [9.17, 15) is 4.79 Å². The minimum atomic E-state index is -0.176. The summed E-state index contributed by atoms with van der Waals surface area (Å²) in [6.45, 7) is 6.40. The van der Waals surface area contributed by atoms with Crippen molar-refractivity contribution in [2.45, 2.75) is 32.2 Å². The van der Waals surface area contributed by atoms with Crippen LogP contribution >= 0.6 is 28.3 Å². The van der Waals surface area contributed by atoms with Gasteiger partial charge in [-0.3, -0.25) is 9.89 Å². The maximum atomic E-state index is 12.5. The summed E-state index contributed by atoms with van der Waals surface area (Å²) >= 11 is 3.59. The fourth-order valence-corrected chi connectivity index (χ4v) is 3.72. The number of nitrogens with zero attached hydrogens (tertiary/aromatic N) is 1. The minimum Gasteiger partial charge on any atom is -0.350 e. The first-order chi connectivity index (χ1) is 11.0. The monoisotopic (exact) mass is 412 g/mol. The number of nitrogens with one attached hydrogen (secondary N) is 3. The summed E-state index contributed by atoms with van der Waals surface area (Å²) in [5.41, 5.74) is 3.57. The molecule has 7 heteroatoms. The van der Waals surface area contributed by atoms with Crippen LogP contribution in [-0.2, 0) is 18.4 Å². The van der Waals surface area contributed by atoms with Crippen LogP contribution in [0.5, 0.6) is 0 Å². The highest BCUT2D eigenvalue weighted by atomic mass is 79.9. The first kappa shape index (κ1) is 19.0. The van der Waals surface area contributed by atoms with Crippen molar-refractivity contribution >= 4 is 34.2 Å². The Kier molecular flexibility index (Phi) is 6.06. The molecule has 2 aromatic rings. The second-order valence-electron chi connectivity index (χ2n) is 6.50. The standard InChI is InChI=1S/C17H21BrN4O.ClH/c1-17(2,12-5-3-4-6-13(12)18)10-20-16(23)15-11-9-19-8-7-14(11)21-22-15;/h3-6,19H,7-10H2,1-2H3,(H,20,23)(H,21,22);1H. The number of halogens is 2. The zero-order valence-electron chi connectivity index (χ0n) is 13.8. The van der Waals surface area contributed by atoms with Gasteiger partial charge in [-0.25, -0.2) is 0 Å². The van der Waals surface area contributed by atoms with Crippen LogP contribution in [0.25, 0.3) is 0 Å². The van der Waals surface area contributed by atoms with Crippen molar-refractivity contribution in [1.82, 2.24) is 20.8 Å². The average Bonchev–Trinajstić information content (AvgIpc) is 2.97. The molecule has 1 amide bonds. The zero-order chi connectivity index (χ0) is 16.4. The normalized spacial score (nSPS) is 13.8. The summed E-state index contributed by atoms with van der Waals surface area (Å²) in [6.07, 6.45) is 0.887. The largest absolute Gasteiger partial charge is 0.350 e. The Hall–Kier alpha value is -1.37. The van der Waals surface area contributed by atoms with Crippen molar-refractivity contribution in [2.24, 2.45) is 0 Å². The van der Waals surface area contributed by atoms with E-state index < -0.39 is 0 Å². The van der Waals surface area contributed by atoms with E-state index in [1.165, 1.54) is 5.56 Å². The molecule has 0 saturated carbocycles. The summed E-state index contributed by atoms with van der Waals surface area (Å²) in [5.74, 6) is -0.119. The lowest BCUT2D eigenvalue weighted by atomic mass is 9.84. The molecule has 3 N–H and O–H groups in total. The summed E-state index contributed by atoms with van der Waals surface area (Å²) < 4.78 is 1.06. The predicted molar refractivity (Wildman–Crippen MR) is 101 cm³/mol. The molecule has 0 aliphatic carbocycles. The predicted octanol–water partition coefficient (Wildman–Crippen LogP) is 2.95. The third-order valence-corrected chi connectivity index (χ3v) is 5.01. The number of fused-ring (bicyclic) bond motifs is 1. The van der Waals surface area contributed by atoms with Gasteiger partial charge in [-0.2, -0.15) is 5.10 Å². The van der Waals surface area contributed by atoms with Crippen LogP contribution in [-0.4, -0.2) is 29.2 Å². The minimum absolute atomic E-state index is 0. The number of benzene rings is 1. The van der Waals surface area contributed by atoms with E-state index in [1.54, 1.807) is 0 Å². The van der Waals surface area contributed by atoms with Gasteiger partial charge in [-0.05, 0) is 11.6 Å². The van der Waals surface area contributed by atoms with Gasteiger partial charge in [-0.1, -0.05) is 48.0 Å². The summed E-state index contributed by atoms with van der Waals surface area (Å²) in [4.78, 5) is 12.5. The lowest BCUT2D eigenvalue weighted by Crippen LogP contribution is -2.37. The van der Waals surface area contributed by atoms with Crippen LogP contribution in [0.3, 0.4) is 0 Å². The molecular formula is C17H22BrClN4O. The topological polar surface area (TPSA) is 69.8 Å². The third-order valence-electron chi connectivity index (χ3n) is 4.32. The summed E-state index contributed by atoms with van der Waals surface area (Å²) in [7, 11) is 0. The van der Waals surface area contributed by atoms with E-state index >= 15 is 0 Å². The Morgan fingerprint density at radius 2 is 2.12 bits per heavy atom. The van der Waals surface area contributed by atoms with Gasteiger partial charge >= 0.3 is 0 Å². The van der Waals surface area contributed by atoms with Crippen molar-refractivity contribution in [3.8, 4) is 0 Å².